The number of benzene rings is 1. The highest BCUT2D eigenvalue weighted by molar-refractivity contribution is 6.30. The molecule has 0 spiro atoms. The molecule has 1 heterocycles. The number of hydrogen-bond acceptors (Lipinski definition) is 4. The van der Waals surface area contributed by atoms with Gasteiger partial charge in [0, 0.05) is 12.1 Å². The molecule has 92 valence electrons. The first-order chi connectivity index (χ1) is 8.61. The first-order valence-corrected chi connectivity index (χ1v) is 5.59. The molecule has 5 nitrogen and oxygen atoms in total. The van der Waals surface area contributed by atoms with E-state index in [1.165, 1.54) is 4.68 Å². The minimum absolute atomic E-state index is 0.243. The number of aryl methyl sites for hydroxylation is 1. The molecule has 2 rings (SSSR count). The lowest BCUT2D eigenvalue weighted by Gasteiger charge is -2.03. The molecule has 0 aliphatic carbocycles. The summed E-state index contributed by atoms with van der Waals surface area (Å²) in [5.41, 5.74) is 6.88. The van der Waals surface area contributed by atoms with E-state index in [1.54, 1.807) is 19.2 Å². The van der Waals surface area contributed by atoms with Crippen LogP contribution in [0.2, 0.25) is 5.02 Å². The van der Waals surface area contributed by atoms with Crippen molar-refractivity contribution in [2.45, 2.75) is 6.61 Å². The third-order valence-electron chi connectivity index (χ3n) is 2.46. The van der Waals surface area contributed by atoms with E-state index in [9.17, 15) is 0 Å². The van der Waals surface area contributed by atoms with Crippen LogP contribution in [0.25, 0.3) is 0 Å². The van der Waals surface area contributed by atoms with Crippen molar-refractivity contribution in [2.75, 3.05) is 5.73 Å². The molecule has 0 saturated carbocycles. The number of anilines is 1. The summed E-state index contributed by atoms with van der Waals surface area (Å²) < 4.78 is 6.89. The van der Waals surface area contributed by atoms with Crippen molar-refractivity contribution in [3.63, 3.8) is 0 Å². The van der Waals surface area contributed by atoms with Crippen molar-refractivity contribution in [2.24, 2.45) is 7.05 Å². The number of nitrogens with two attached hydrogens (primary N) is 1. The largest absolute Gasteiger partial charge is 0.471 e. The third-order valence-corrected chi connectivity index (χ3v) is 2.71. The van der Waals surface area contributed by atoms with Crippen molar-refractivity contribution in [3.8, 4) is 11.9 Å². The maximum atomic E-state index is 8.97. The van der Waals surface area contributed by atoms with Gasteiger partial charge in [0.05, 0.1) is 0 Å². The van der Waals surface area contributed by atoms with Gasteiger partial charge in [-0.1, -0.05) is 23.7 Å². The zero-order valence-electron chi connectivity index (χ0n) is 9.72. The topological polar surface area (TPSA) is 76.9 Å². The van der Waals surface area contributed by atoms with Gasteiger partial charge in [0.2, 0.25) is 0 Å². The highest BCUT2D eigenvalue weighted by Gasteiger charge is 2.14. The van der Waals surface area contributed by atoms with Gasteiger partial charge in [0.1, 0.15) is 18.5 Å². The fourth-order valence-corrected chi connectivity index (χ4v) is 1.58. The Bertz CT molecular complexity index is 598. The Morgan fingerprint density at radius 1 is 1.44 bits per heavy atom. The lowest BCUT2D eigenvalue weighted by molar-refractivity contribution is 0.290. The van der Waals surface area contributed by atoms with Gasteiger partial charge in [-0.05, 0) is 17.7 Å². The molecule has 1 aromatic carbocycles. The maximum Gasteiger partial charge on any atom is 0.253 e. The van der Waals surface area contributed by atoms with E-state index >= 15 is 0 Å². The number of nitriles is 1. The average Bonchev–Trinajstić information content (AvgIpc) is 2.64. The monoisotopic (exact) mass is 262 g/mol. The second-order valence-corrected chi connectivity index (χ2v) is 4.15. The number of nitrogens with zero attached hydrogens (tertiary/aromatic N) is 3. The Morgan fingerprint density at radius 3 is 2.72 bits per heavy atom. The van der Waals surface area contributed by atoms with Gasteiger partial charge in [-0.15, -0.1) is 5.10 Å². The zero-order chi connectivity index (χ0) is 13.1. The lowest BCUT2D eigenvalue weighted by Crippen LogP contribution is -1.98. The van der Waals surface area contributed by atoms with E-state index in [-0.39, 0.29) is 11.4 Å². The van der Waals surface area contributed by atoms with Gasteiger partial charge in [-0.2, -0.15) is 5.26 Å². The smallest absolute Gasteiger partial charge is 0.253 e. The molecule has 2 N–H and O–H groups in total. The SMILES string of the molecule is Cn1nc(OCc2ccc(Cl)cc2)c(C#N)c1N. The Kier molecular flexibility index (Phi) is 3.40. The van der Waals surface area contributed by atoms with Crippen LogP contribution in [0.3, 0.4) is 0 Å². The quantitative estimate of drug-likeness (QED) is 0.919. The predicted molar refractivity (Wildman–Crippen MR) is 68.1 cm³/mol. The Morgan fingerprint density at radius 2 is 2.11 bits per heavy atom. The van der Waals surface area contributed by atoms with Crippen LogP contribution in [0.1, 0.15) is 11.1 Å². The van der Waals surface area contributed by atoms with E-state index in [2.05, 4.69) is 5.10 Å². The third kappa shape index (κ3) is 2.39. The Balaban J connectivity index is 2.13. The lowest BCUT2D eigenvalue weighted by atomic mass is 10.2. The molecule has 0 saturated heterocycles. The minimum Gasteiger partial charge on any atom is -0.471 e. The van der Waals surface area contributed by atoms with Crippen LogP contribution in [0.5, 0.6) is 5.88 Å². The fraction of sp³-hybridized carbons (Fsp3) is 0.167. The van der Waals surface area contributed by atoms with Gasteiger partial charge >= 0.3 is 0 Å². The van der Waals surface area contributed by atoms with Gasteiger partial charge < -0.3 is 10.5 Å². The number of rotatable bonds is 3. The summed E-state index contributed by atoms with van der Waals surface area (Å²) in [7, 11) is 1.66. The normalized spacial score (nSPS) is 10.1. The summed E-state index contributed by atoms with van der Waals surface area (Å²) in [5.74, 6) is 0.538. The molecule has 0 atom stereocenters. The summed E-state index contributed by atoms with van der Waals surface area (Å²) in [5, 5.41) is 13.7. The average molecular weight is 263 g/mol. The summed E-state index contributed by atoms with van der Waals surface area (Å²) >= 11 is 5.78. The standard InChI is InChI=1S/C12H11ClN4O/c1-17-11(15)10(6-14)12(16-17)18-7-8-2-4-9(13)5-3-8/h2-5H,7,15H2,1H3. The van der Waals surface area contributed by atoms with Crippen LogP contribution in [-0.2, 0) is 13.7 Å². The van der Waals surface area contributed by atoms with Crippen LogP contribution in [0.15, 0.2) is 24.3 Å². The fourth-order valence-electron chi connectivity index (χ4n) is 1.45. The van der Waals surface area contributed by atoms with E-state index in [4.69, 9.17) is 27.3 Å². The second-order valence-electron chi connectivity index (χ2n) is 3.72. The molecule has 0 aliphatic rings. The molecular weight excluding hydrogens is 252 g/mol. The molecular formula is C12H11ClN4O. The summed E-state index contributed by atoms with van der Waals surface area (Å²) in [6, 6.07) is 9.22. The van der Waals surface area contributed by atoms with E-state index < -0.39 is 0 Å². The molecule has 0 fully saturated rings. The van der Waals surface area contributed by atoms with Crippen LogP contribution in [0.4, 0.5) is 5.82 Å². The van der Waals surface area contributed by atoms with Crippen LogP contribution < -0.4 is 10.5 Å². The summed E-state index contributed by atoms with van der Waals surface area (Å²) in [6.07, 6.45) is 0. The number of halogens is 1. The van der Waals surface area contributed by atoms with Gasteiger partial charge in [-0.3, -0.25) is 0 Å². The first kappa shape index (κ1) is 12.3. The van der Waals surface area contributed by atoms with E-state index in [0.717, 1.165) is 5.56 Å². The van der Waals surface area contributed by atoms with Crippen LogP contribution >= 0.6 is 11.6 Å². The first-order valence-electron chi connectivity index (χ1n) is 5.21. The van der Waals surface area contributed by atoms with Gasteiger partial charge in [0.15, 0.2) is 5.56 Å². The van der Waals surface area contributed by atoms with Gasteiger partial charge in [-0.25, -0.2) is 4.68 Å². The Hall–Kier alpha value is -2.19. The van der Waals surface area contributed by atoms with E-state index in [1.807, 2.05) is 18.2 Å². The van der Waals surface area contributed by atoms with Crippen LogP contribution in [0, 0.1) is 11.3 Å². The minimum atomic E-state index is 0.243. The van der Waals surface area contributed by atoms with Crippen molar-refractivity contribution in [1.82, 2.24) is 9.78 Å². The van der Waals surface area contributed by atoms with Crippen LogP contribution in [-0.4, -0.2) is 9.78 Å². The van der Waals surface area contributed by atoms with Crippen molar-refractivity contribution >= 4 is 17.4 Å². The van der Waals surface area contributed by atoms with Gasteiger partial charge in [0.25, 0.3) is 5.88 Å². The van der Waals surface area contributed by atoms with Crippen molar-refractivity contribution in [1.29, 1.82) is 5.26 Å². The molecule has 18 heavy (non-hydrogen) atoms. The molecule has 0 radical (unpaired) electrons. The summed E-state index contributed by atoms with van der Waals surface area (Å²) in [6.45, 7) is 0.308. The molecule has 6 heteroatoms. The number of hydrogen-bond donors (Lipinski definition) is 1. The molecule has 2 aromatic rings. The Labute approximate surface area is 109 Å². The number of aromatic nitrogens is 2. The predicted octanol–water partition coefficient (Wildman–Crippen LogP) is 2.11. The number of ether oxygens (including phenoxy) is 1. The maximum absolute atomic E-state index is 8.97. The highest BCUT2D eigenvalue weighted by atomic mass is 35.5. The van der Waals surface area contributed by atoms with E-state index in [0.29, 0.717) is 17.4 Å². The summed E-state index contributed by atoms with van der Waals surface area (Å²) in [4.78, 5) is 0. The van der Waals surface area contributed by atoms with Crippen molar-refractivity contribution < 1.29 is 4.74 Å². The zero-order valence-corrected chi connectivity index (χ0v) is 10.5. The molecule has 0 amide bonds. The molecule has 0 bridgehead atoms. The molecule has 1 aromatic heterocycles. The second kappa shape index (κ2) is 4.98. The highest BCUT2D eigenvalue weighted by Crippen LogP contribution is 2.22. The molecule has 0 aliphatic heterocycles. The van der Waals surface area contributed by atoms with Crippen molar-refractivity contribution in [3.05, 3.63) is 40.4 Å². The number of nitrogen functional groups attached to an aromatic ring is 1. The molecule has 0 unspecified atom stereocenters.